The molecule has 1 aliphatic carbocycles. The van der Waals surface area contributed by atoms with E-state index in [1.54, 1.807) is 6.07 Å². The number of rotatable bonds is 6. The standard InChI is InChI=1S/C17H18ClN3O2/c18-11-5-6-15-13(9-11)16(12-3-1-4-14(12)21-15)17(23)20-8-2-7-19-10-22/h5-6,9-10H,1-4,7-8H2,(H,19,22)(H,20,23). The van der Waals surface area contributed by atoms with Gasteiger partial charge in [0, 0.05) is 29.2 Å². The lowest BCUT2D eigenvalue weighted by Crippen LogP contribution is -2.28. The maximum Gasteiger partial charge on any atom is 0.252 e. The van der Waals surface area contributed by atoms with Gasteiger partial charge in [-0.25, -0.2) is 0 Å². The fourth-order valence-corrected chi connectivity index (χ4v) is 3.21. The van der Waals surface area contributed by atoms with Crippen molar-refractivity contribution >= 4 is 34.8 Å². The first-order valence-corrected chi connectivity index (χ1v) is 8.14. The summed E-state index contributed by atoms with van der Waals surface area (Å²) in [6, 6.07) is 5.47. The fraction of sp³-hybridized carbons (Fsp3) is 0.353. The first-order chi connectivity index (χ1) is 11.2. The Bertz CT molecular complexity index is 761. The first-order valence-electron chi connectivity index (χ1n) is 7.77. The number of carbonyl (C=O) groups is 2. The van der Waals surface area contributed by atoms with Crippen LogP contribution in [0.1, 0.15) is 34.5 Å². The smallest absolute Gasteiger partial charge is 0.252 e. The van der Waals surface area contributed by atoms with Crippen molar-refractivity contribution in [3.63, 3.8) is 0 Å². The van der Waals surface area contributed by atoms with Crippen molar-refractivity contribution in [3.05, 3.63) is 40.0 Å². The van der Waals surface area contributed by atoms with Gasteiger partial charge in [-0.3, -0.25) is 14.6 Å². The molecule has 0 fully saturated rings. The molecule has 120 valence electrons. The molecule has 1 heterocycles. The van der Waals surface area contributed by atoms with Gasteiger partial charge in [0.05, 0.1) is 11.1 Å². The van der Waals surface area contributed by atoms with Crippen molar-refractivity contribution in [3.8, 4) is 0 Å². The van der Waals surface area contributed by atoms with Crippen LogP contribution in [0.2, 0.25) is 5.02 Å². The van der Waals surface area contributed by atoms with Crippen molar-refractivity contribution in [1.29, 1.82) is 0 Å². The number of carbonyl (C=O) groups excluding carboxylic acids is 2. The Labute approximate surface area is 139 Å². The van der Waals surface area contributed by atoms with Gasteiger partial charge in [-0.1, -0.05) is 11.6 Å². The molecule has 2 amide bonds. The van der Waals surface area contributed by atoms with E-state index in [1.165, 1.54) is 0 Å². The molecule has 1 aromatic heterocycles. The van der Waals surface area contributed by atoms with Crippen LogP contribution in [-0.2, 0) is 17.6 Å². The highest BCUT2D eigenvalue weighted by Gasteiger charge is 2.23. The first kappa shape index (κ1) is 15.7. The Balaban J connectivity index is 1.90. The van der Waals surface area contributed by atoms with E-state index in [9.17, 15) is 9.59 Å². The fourth-order valence-electron chi connectivity index (χ4n) is 3.03. The molecule has 0 bridgehead atoms. The molecule has 2 N–H and O–H groups in total. The molecule has 0 radical (unpaired) electrons. The molecule has 5 nitrogen and oxygen atoms in total. The molecule has 1 aliphatic rings. The lowest BCUT2D eigenvalue weighted by molar-refractivity contribution is -0.109. The lowest BCUT2D eigenvalue weighted by atomic mass is 10.0. The van der Waals surface area contributed by atoms with Crippen LogP contribution >= 0.6 is 11.6 Å². The normalized spacial score (nSPS) is 12.9. The number of halogens is 1. The second-order valence-electron chi connectivity index (χ2n) is 5.61. The van der Waals surface area contributed by atoms with Gasteiger partial charge < -0.3 is 10.6 Å². The topological polar surface area (TPSA) is 71.1 Å². The van der Waals surface area contributed by atoms with Gasteiger partial charge >= 0.3 is 0 Å². The number of nitrogens with zero attached hydrogens (tertiary/aromatic N) is 1. The van der Waals surface area contributed by atoms with E-state index < -0.39 is 0 Å². The summed E-state index contributed by atoms with van der Waals surface area (Å²) in [6.07, 6.45) is 4.16. The van der Waals surface area contributed by atoms with Crippen LogP contribution in [-0.4, -0.2) is 30.4 Å². The highest BCUT2D eigenvalue weighted by atomic mass is 35.5. The number of aryl methyl sites for hydroxylation is 1. The lowest BCUT2D eigenvalue weighted by Gasteiger charge is -2.13. The quantitative estimate of drug-likeness (QED) is 0.630. The largest absolute Gasteiger partial charge is 0.359 e. The van der Waals surface area contributed by atoms with E-state index >= 15 is 0 Å². The number of amides is 2. The van der Waals surface area contributed by atoms with Crippen molar-refractivity contribution in [1.82, 2.24) is 15.6 Å². The molecule has 0 spiro atoms. The van der Waals surface area contributed by atoms with Crippen LogP contribution in [0.5, 0.6) is 0 Å². The Hall–Kier alpha value is -2.14. The van der Waals surface area contributed by atoms with E-state index in [2.05, 4.69) is 15.6 Å². The number of benzene rings is 1. The minimum Gasteiger partial charge on any atom is -0.359 e. The summed E-state index contributed by atoms with van der Waals surface area (Å²) < 4.78 is 0. The number of hydrogen-bond acceptors (Lipinski definition) is 3. The molecule has 3 rings (SSSR count). The minimum atomic E-state index is -0.0936. The van der Waals surface area contributed by atoms with E-state index in [0.29, 0.717) is 36.5 Å². The van der Waals surface area contributed by atoms with Gasteiger partial charge in [0.1, 0.15) is 0 Å². The van der Waals surface area contributed by atoms with E-state index in [4.69, 9.17) is 11.6 Å². The van der Waals surface area contributed by atoms with Gasteiger partial charge in [-0.15, -0.1) is 0 Å². The second kappa shape index (κ2) is 6.96. The molecule has 0 saturated carbocycles. The summed E-state index contributed by atoms with van der Waals surface area (Å²) in [5, 5.41) is 6.92. The summed E-state index contributed by atoms with van der Waals surface area (Å²) in [7, 11) is 0. The summed E-state index contributed by atoms with van der Waals surface area (Å²) in [6.45, 7) is 1.06. The van der Waals surface area contributed by atoms with Crippen LogP contribution in [0.3, 0.4) is 0 Å². The van der Waals surface area contributed by atoms with Crippen LogP contribution in [0.15, 0.2) is 18.2 Å². The molecule has 6 heteroatoms. The van der Waals surface area contributed by atoms with Crippen LogP contribution in [0.4, 0.5) is 0 Å². The monoisotopic (exact) mass is 331 g/mol. The van der Waals surface area contributed by atoms with Gasteiger partial charge in [0.25, 0.3) is 5.91 Å². The Morgan fingerprint density at radius 3 is 3.00 bits per heavy atom. The average molecular weight is 332 g/mol. The third kappa shape index (κ3) is 3.29. The molecular formula is C17H18ClN3O2. The number of hydrogen-bond donors (Lipinski definition) is 2. The molecule has 0 saturated heterocycles. The average Bonchev–Trinajstić information content (AvgIpc) is 3.00. The van der Waals surface area contributed by atoms with Crippen LogP contribution in [0, 0.1) is 0 Å². The zero-order chi connectivity index (χ0) is 16.2. The Kier molecular flexibility index (Phi) is 4.76. The number of fused-ring (bicyclic) bond motifs is 2. The van der Waals surface area contributed by atoms with Gasteiger partial charge in [0.15, 0.2) is 0 Å². The zero-order valence-corrected chi connectivity index (χ0v) is 13.4. The zero-order valence-electron chi connectivity index (χ0n) is 12.7. The van der Waals surface area contributed by atoms with E-state index in [0.717, 1.165) is 41.4 Å². The van der Waals surface area contributed by atoms with Gasteiger partial charge in [-0.05, 0) is 49.4 Å². The Morgan fingerprint density at radius 2 is 2.17 bits per heavy atom. The maximum atomic E-state index is 12.7. The van der Waals surface area contributed by atoms with Crippen molar-refractivity contribution in [2.45, 2.75) is 25.7 Å². The van der Waals surface area contributed by atoms with Crippen molar-refractivity contribution in [2.75, 3.05) is 13.1 Å². The van der Waals surface area contributed by atoms with Crippen molar-refractivity contribution in [2.24, 2.45) is 0 Å². The molecule has 0 atom stereocenters. The predicted octanol–water partition coefficient (Wildman–Crippen LogP) is 2.24. The van der Waals surface area contributed by atoms with Crippen LogP contribution < -0.4 is 10.6 Å². The molecule has 23 heavy (non-hydrogen) atoms. The van der Waals surface area contributed by atoms with Crippen molar-refractivity contribution < 1.29 is 9.59 Å². The molecule has 1 aromatic carbocycles. The summed E-state index contributed by atoms with van der Waals surface area (Å²) in [5.74, 6) is -0.0936. The number of aromatic nitrogens is 1. The highest BCUT2D eigenvalue weighted by molar-refractivity contribution is 6.31. The van der Waals surface area contributed by atoms with Gasteiger partial charge in [-0.2, -0.15) is 0 Å². The Morgan fingerprint density at radius 1 is 1.30 bits per heavy atom. The summed E-state index contributed by atoms with van der Waals surface area (Å²) in [4.78, 5) is 27.6. The maximum absolute atomic E-state index is 12.7. The minimum absolute atomic E-state index is 0.0936. The second-order valence-corrected chi connectivity index (χ2v) is 6.04. The number of pyridine rings is 1. The van der Waals surface area contributed by atoms with E-state index in [-0.39, 0.29) is 5.91 Å². The summed E-state index contributed by atoms with van der Waals surface area (Å²) >= 11 is 6.11. The van der Waals surface area contributed by atoms with E-state index in [1.807, 2.05) is 12.1 Å². The highest BCUT2D eigenvalue weighted by Crippen LogP contribution is 2.31. The third-order valence-corrected chi connectivity index (χ3v) is 4.30. The predicted molar refractivity (Wildman–Crippen MR) is 89.8 cm³/mol. The molecular weight excluding hydrogens is 314 g/mol. The SMILES string of the molecule is O=CNCCCNC(=O)c1c2c(nc3ccc(Cl)cc13)CCC2. The van der Waals surface area contributed by atoms with Crippen LogP contribution in [0.25, 0.3) is 10.9 Å². The van der Waals surface area contributed by atoms with Gasteiger partial charge in [0.2, 0.25) is 6.41 Å². The third-order valence-electron chi connectivity index (χ3n) is 4.07. The molecule has 0 aliphatic heterocycles. The number of nitrogens with one attached hydrogen (secondary N) is 2. The molecule has 2 aromatic rings. The summed E-state index contributed by atoms with van der Waals surface area (Å²) in [5.41, 5.74) is 3.58. The molecule has 0 unspecified atom stereocenters.